The number of carbonyl (C=O) groups is 1. The number of rotatable bonds is 8. The molecule has 0 aliphatic carbocycles. The van der Waals surface area contributed by atoms with Gasteiger partial charge in [-0.15, -0.1) is 13.2 Å². The zero-order chi connectivity index (χ0) is 19.1. The number of benzene rings is 1. The fourth-order valence-corrected chi connectivity index (χ4v) is 2.45. The van der Waals surface area contributed by atoms with Gasteiger partial charge in [0, 0.05) is 12.6 Å². The standard InChI is InChI=1S/C18H26F3NO3/c1-5-24-16(23)10-14(11-17(2,3)4)22-12-13-6-8-15(9-7-13)25-18(19,20)21/h6-9,14,22H,5,10-12H2,1-4H3. The first kappa shape index (κ1) is 21.3. The van der Waals surface area contributed by atoms with Crippen LogP contribution >= 0.6 is 0 Å². The normalized spacial score (nSPS) is 13.4. The van der Waals surface area contributed by atoms with Gasteiger partial charge in [-0.2, -0.15) is 0 Å². The monoisotopic (exact) mass is 361 g/mol. The van der Waals surface area contributed by atoms with E-state index in [9.17, 15) is 18.0 Å². The van der Waals surface area contributed by atoms with Gasteiger partial charge in [-0.3, -0.25) is 4.79 Å². The van der Waals surface area contributed by atoms with E-state index in [-0.39, 0.29) is 29.6 Å². The van der Waals surface area contributed by atoms with Gasteiger partial charge >= 0.3 is 12.3 Å². The van der Waals surface area contributed by atoms with Crippen LogP contribution in [0.3, 0.4) is 0 Å². The van der Waals surface area contributed by atoms with E-state index < -0.39 is 6.36 Å². The van der Waals surface area contributed by atoms with Crippen molar-refractivity contribution in [2.45, 2.75) is 59.5 Å². The lowest BCUT2D eigenvalue weighted by Gasteiger charge is -2.26. The van der Waals surface area contributed by atoms with Crippen LogP contribution in [-0.2, 0) is 16.1 Å². The molecular weight excluding hydrogens is 335 g/mol. The van der Waals surface area contributed by atoms with E-state index in [1.165, 1.54) is 12.1 Å². The average Bonchev–Trinajstić information content (AvgIpc) is 2.43. The number of ether oxygens (including phenoxy) is 2. The Bertz CT molecular complexity index is 536. The third kappa shape index (κ3) is 9.96. The van der Waals surface area contributed by atoms with Crippen LogP contribution in [0.2, 0.25) is 0 Å². The molecule has 0 radical (unpaired) electrons. The minimum atomic E-state index is -4.70. The lowest BCUT2D eigenvalue weighted by molar-refractivity contribution is -0.274. The summed E-state index contributed by atoms with van der Waals surface area (Å²) in [6, 6.07) is 5.59. The van der Waals surface area contributed by atoms with E-state index in [4.69, 9.17) is 4.74 Å². The molecule has 1 atom stereocenters. The van der Waals surface area contributed by atoms with Crippen LogP contribution in [0.5, 0.6) is 5.75 Å². The van der Waals surface area contributed by atoms with E-state index >= 15 is 0 Å². The summed E-state index contributed by atoms with van der Waals surface area (Å²) in [5, 5.41) is 3.29. The van der Waals surface area contributed by atoms with Crippen molar-refractivity contribution in [3.8, 4) is 5.75 Å². The first-order valence-electron chi connectivity index (χ1n) is 8.22. The number of hydrogen-bond donors (Lipinski definition) is 1. The predicted octanol–water partition coefficient (Wildman–Crippen LogP) is 4.43. The second kappa shape index (κ2) is 9.08. The van der Waals surface area contributed by atoms with Crippen molar-refractivity contribution in [3.63, 3.8) is 0 Å². The van der Waals surface area contributed by atoms with Gasteiger partial charge in [0.05, 0.1) is 13.0 Å². The van der Waals surface area contributed by atoms with Gasteiger partial charge in [-0.05, 0) is 36.5 Å². The molecule has 0 aliphatic rings. The largest absolute Gasteiger partial charge is 0.573 e. The van der Waals surface area contributed by atoms with Crippen molar-refractivity contribution in [3.05, 3.63) is 29.8 Å². The van der Waals surface area contributed by atoms with Crippen LogP contribution in [0.1, 0.15) is 46.1 Å². The molecule has 0 bridgehead atoms. The first-order valence-corrected chi connectivity index (χ1v) is 8.22. The highest BCUT2D eigenvalue weighted by Gasteiger charge is 2.31. The van der Waals surface area contributed by atoms with Crippen molar-refractivity contribution >= 4 is 5.97 Å². The van der Waals surface area contributed by atoms with Crippen LogP contribution in [0, 0.1) is 5.41 Å². The number of nitrogens with one attached hydrogen (secondary N) is 1. The van der Waals surface area contributed by atoms with Crippen LogP contribution in [0.15, 0.2) is 24.3 Å². The van der Waals surface area contributed by atoms with Gasteiger partial charge in [0.2, 0.25) is 0 Å². The lowest BCUT2D eigenvalue weighted by Crippen LogP contribution is -2.35. The Balaban J connectivity index is 2.63. The molecule has 0 amide bonds. The smallest absolute Gasteiger partial charge is 0.466 e. The Hall–Kier alpha value is -1.76. The highest BCUT2D eigenvalue weighted by Crippen LogP contribution is 2.24. The third-order valence-electron chi connectivity index (χ3n) is 3.33. The third-order valence-corrected chi connectivity index (χ3v) is 3.33. The zero-order valence-corrected chi connectivity index (χ0v) is 15.1. The molecular formula is C18H26F3NO3. The summed E-state index contributed by atoms with van der Waals surface area (Å²) < 4.78 is 45.3. The lowest BCUT2D eigenvalue weighted by atomic mass is 9.87. The fourth-order valence-electron chi connectivity index (χ4n) is 2.45. The molecule has 0 spiro atoms. The topological polar surface area (TPSA) is 47.6 Å². The molecule has 1 N–H and O–H groups in total. The van der Waals surface area contributed by atoms with Crippen LogP contribution in [0.4, 0.5) is 13.2 Å². The van der Waals surface area contributed by atoms with Crippen molar-refractivity contribution < 1.29 is 27.4 Å². The number of esters is 1. The Morgan fingerprint density at radius 2 is 1.76 bits per heavy atom. The van der Waals surface area contributed by atoms with E-state index in [1.54, 1.807) is 19.1 Å². The quantitative estimate of drug-likeness (QED) is 0.696. The Morgan fingerprint density at radius 1 is 1.16 bits per heavy atom. The summed E-state index contributed by atoms with van der Waals surface area (Å²) in [6.07, 6.45) is -3.68. The van der Waals surface area contributed by atoms with E-state index in [0.29, 0.717) is 13.2 Å². The Morgan fingerprint density at radius 3 is 2.24 bits per heavy atom. The molecule has 0 saturated heterocycles. The summed E-state index contributed by atoms with van der Waals surface area (Å²) in [5.41, 5.74) is 0.825. The molecule has 0 heterocycles. The number of carbonyl (C=O) groups excluding carboxylic acids is 1. The number of hydrogen-bond acceptors (Lipinski definition) is 4. The van der Waals surface area contributed by atoms with Crippen LogP contribution < -0.4 is 10.1 Å². The van der Waals surface area contributed by atoms with Crippen molar-refractivity contribution in [1.29, 1.82) is 0 Å². The average molecular weight is 361 g/mol. The molecule has 0 aromatic heterocycles. The molecule has 4 nitrogen and oxygen atoms in total. The van der Waals surface area contributed by atoms with Gasteiger partial charge in [-0.1, -0.05) is 32.9 Å². The maximum Gasteiger partial charge on any atom is 0.573 e. The van der Waals surface area contributed by atoms with E-state index in [1.807, 2.05) is 0 Å². The highest BCUT2D eigenvalue weighted by molar-refractivity contribution is 5.70. The van der Waals surface area contributed by atoms with E-state index in [0.717, 1.165) is 12.0 Å². The molecule has 1 aromatic carbocycles. The Kier molecular flexibility index (Phi) is 7.73. The maximum atomic E-state index is 12.2. The molecule has 0 fully saturated rings. The SMILES string of the molecule is CCOC(=O)CC(CC(C)(C)C)NCc1ccc(OC(F)(F)F)cc1. The van der Waals surface area contributed by atoms with Gasteiger partial charge in [-0.25, -0.2) is 0 Å². The second-order valence-electron chi connectivity index (χ2n) is 7.04. The molecule has 0 saturated carbocycles. The van der Waals surface area contributed by atoms with Gasteiger partial charge < -0.3 is 14.8 Å². The fraction of sp³-hybridized carbons (Fsp3) is 0.611. The molecule has 142 valence electrons. The van der Waals surface area contributed by atoms with Gasteiger partial charge in [0.25, 0.3) is 0 Å². The summed E-state index contributed by atoms with van der Waals surface area (Å²) in [5.74, 6) is -0.521. The molecule has 1 unspecified atom stereocenters. The summed E-state index contributed by atoms with van der Waals surface area (Å²) in [7, 11) is 0. The van der Waals surface area contributed by atoms with Crippen molar-refractivity contribution in [2.24, 2.45) is 5.41 Å². The number of halogens is 3. The Labute approximate surface area is 146 Å². The molecule has 1 aromatic rings. The van der Waals surface area contributed by atoms with Crippen molar-refractivity contribution in [2.75, 3.05) is 6.61 Å². The maximum absolute atomic E-state index is 12.2. The summed E-state index contributed by atoms with van der Waals surface area (Å²) in [6.45, 7) is 8.77. The molecule has 7 heteroatoms. The van der Waals surface area contributed by atoms with Gasteiger partial charge in [0.15, 0.2) is 0 Å². The second-order valence-corrected chi connectivity index (χ2v) is 7.04. The molecule has 1 rings (SSSR count). The van der Waals surface area contributed by atoms with Crippen LogP contribution in [0.25, 0.3) is 0 Å². The van der Waals surface area contributed by atoms with Gasteiger partial charge in [0.1, 0.15) is 5.75 Å². The zero-order valence-electron chi connectivity index (χ0n) is 15.1. The summed E-state index contributed by atoms with van der Waals surface area (Å²) in [4.78, 5) is 11.7. The number of alkyl halides is 3. The summed E-state index contributed by atoms with van der Waals surface area (Å²) >= 11 is 0. The van der Waals surface area contributed by atoms with E-state index in [2.05, 4.69) is 30.8 Å². The molecule has 25 heavy (non-hydrogen) atoms. The highest BCUT2D eigenvalue weighted by atomic mass is 19.4. The minimum Gasteiger partial charge on any atom is -0.466 e. The molecule has 0 aliphatic heterocycles. The minimum absolute atomic E-state index is 0.0224. The van der Waals surface area contributed by atoms with Crippen LogP contribution in [-0.4, -0.2) is 25.0 Å². The first-order chi connectivity index (χ1) is 11.5. The predicted molar refractivity (Wildman–Crippen MR) is 89.1 cm³/mol. The van der Waals surface area contributed by atoms with Crippen molar-refractivity contribution in [1.82, 2.24) is 5.32 Å².